The van der Waals surface area contributed by atoms with Crippen LogP contribution in [0.2, 0.25) is 10.0 Å². The third-order valence-corrected chi connectivity index (χ3v) is 7.19. The second kappa shape index (κ2) is 13.3. The first-order valence-corrected chi connectivity index (χ1v) is 13.7. The number of nitrogens with one attached hydrogen (secondary N) is 1. The molecule has 0 saturated heterocycles. The van der Waals surface area contributed by atoms with Gasteiger partial charge < -0.3 is 9.47 Å². The number of hydrogen-bond donors (Lipinski definition) is 1. The van der Waals surface area contributed by atoms with Crippen LogP contribution in [-0.4, -0.2) is 40.3 Å². The number of nitrogens with zero attached hydrogens (tertiary/aromatic N) is 2. The maximum atomic E-state index is 13.4. The number of anilines is 1. The summed E-state index contributed by atoms with van der Waals surface area (Å²) in [5.41, 5.74) is 3.26. The van der Waals surface area contributed by atoms with Gasteiger partial charge >= 0.3 is 0 Å². The van der Waals surface area contributed by atoms with Crippen molar-refractivity contribution in [3.8, 4) is 11.5 Å². The Bertz CT molecular complexity index is 1350. The van der Waals surface area contributed by atoms with E-state index in [9.17, 15) is 13.2 Å². The molecule has 0 aromatic heterocycles. The van der Waals surface area contributed by atoms with E-state index in [0.717, 1.165) is 10.7 Å². The van der Waals surface area contributed by atoms with E-state index in [1.807, 2.05) is 13.8 Å². The number of carbonyl (C=O) groups excluding carboxylic acids is 1. The number of halogens is 2. The van der Waals surface area contributed by atoms with Crippen LogP contribution in [0, 0.1) is 0 Å². The molecule has 8 nitrogen and oxygen atoms in total. The zero-order valence-corrected chi connectivity index (χ0v) is 22.7. The number of ether oxygens (including phenoxy) is 2. The standard InChI is InChI=1S/C26H27Cl2N3O5S/c1-3-14-36-24-13-8-19(15-25(24)35-4-2)17-29-30-26(32)18-31(22-7-5-6-21(28)16-22)37(33,34)23-11-9-20(27)10-12-23/h5-13,15-17H,3-4,14,18H2,1-2H3,(H,30,32)/b29-17-. The van der Waals surface area contributed by atoms with Gasteiger partial charge in [-0.15, -0.1) is 0 Å². The van der Waals surface area contributed by atoms with E-state index in [4.69, 9.17) is 32.7 Å². The van der Waals surface area contributed by atoms with Crippen LogP contribution < -0.4 is 19.2 Å². The number of carbonyl (C=O) groups is 1. The normalized spacial score (nSPS) is 11.4. The van der Waals surface area contributed by atoms with Crippen molar-refractivity contribution in [3.63, 3.8) is 0 Å². The second-order valence-electron chi connectivity index (χ2n) is 7.73. The van der Waals surface area contributed by atoms with Gasteiger partial charge in [-0.25, -0.2) is 13.8 Å². The fourth-order valence-corrected chi connectivity index (χ4v) is 4.95. The summed E-state index contributed by atoms with van der Waals surface area (Å²) in [6.07, 6.45) is 2.29. The predicted molar refractivity (Wildman–Crippen MR) is 147 cm³/mol. The predicted octanol–water partition coefficient (Wildman–Crippen LogP) is 5.53. The third kappa shape index (κ3) is 7.85. The van der Waals surface area contributed by atoms with Crippen LogP contribution in [0.15, 0.2) is 76.7 Å². The highest BCUT2D eigenvalue weighted by molar-refractivity contribution is 7.92. The van der Waals surface area contributed by atoms with Gasteiger partial charge in [0.25, 0.3) is 15.9 Å². The van der Waals surface area contributed by atoms with Gasteiger partial charge in [0.15, 0.2) is 11.5 Å². The average Bonchev–Trinajstić information content (AvgIpc) is 2.87. The van der Waals surface area contributed by atoms with Crippen LogP contribution in [0.3, 0.4) is 0 Å². The molecule has 0 fully saturated rings. The van der Waals surface area contributed by atoms with Crippen LogP contribution in [0.5, 0.6) is 11.5 Å². The smallest absolute Gasteiger partial charge is 0.264 e. The molecule has 37 heavy (non-hydrogen) atoms. The molecule has 3 aromatic rings. The summed E-state index contributed by atoms with van der Waals surface area (Å²) in [5.74, 6) is 0.531. The lowest BCUT2D eigenvalue weighted by atomic mass is 10.2. The monoisotopic (exact) mass is 563 g/mol. The number of hydrazone groups is 1. The molecule has 0 bridgehead atoms. The minimum absolute atomic E-state index is 0.0259. The Morgan fingerprint density at radius 3 is 2.41 bits per heavy atom. The maximum absolute atomic E-state index is 13.4. The summed E-state index contributed by atoms with van der Waals surface area (Å²) in [7, 11) is -4.11. The van der Waals surface area contributed by atoms with E-state index in [2.05, 4.69) is 10.5 Å². The molecule has 1 N–H and O–H groups in total. The lowest BCUT2D eigenvalue weighted by Crippen LogP contribution is -2.39. The van der Waals surface area contributed by atoms with Crippen molar-refractivity contribution in [2.24, 2.45) is 5.10 Å². The van der Waals surface area contributed by atoms with Crippen molar-refractivity contribution in [2.75, 3.05) is 24.1 Å². The van der Waals surface area contributed by atoms with Gasteiger partial charge in [0.1, 0.15) is 6.54 Å². The van der Waals surface area contributed by atoms with Crippen LogP contribution in [0.4, 0.5) is 5.69 Å². The first-order chi connectivity index (χ1) is 17.7. The maximum Gasteiger partial charge on any atom is 0.264 e. The van der Waals surface area contributed by atoms with Gasteiger partial charge in [-0.1, -0.05) is 36.2 Å². The van der Waals surface area contributed by atoms with Crippen molar-refractivity contribution >= 4 is 51.0 Å². The Kier molecular flexibility index (Phi) is 10.2. The largest absolute Gasteiger partial charge is 0.490 e. The lowest BCUT2D eigenvalue weighted by Gasteiger charge is -2.23. The van der Waals surface area contributed by atoms with E-state index < -0.39 is 22.5 Å². The molecular weight excluding hydrogens is 537 g/mol. The molecule has 3 rings (SSSR count). The Morgan fingerprint density at radius 1 is 0.973 bits per heavy atom. The summed E-state index contributed by atoms with van der Waals surface area (Å²) >= 11 is 12.0. The van der Waals surface area contributed by atoms with Gasteiger partial charge in [0.05, 0.1) is 30.0 Å². The lowest BCUT2D eigenvalue weighted by molar-refractivity contribution is -0.119. The van der Waals surface area contributed by atoms with Crippen molar-refractivity contribution in [2.45, 2.75) is 25.2 Å². The highest BCUT2D eigenvalue weighted by atomic mass is 35.5. The minimum Gasteiger partial charge on any atom is -0.490 e. The first-order valence-electron chi connectivity index (χ1n) is 11.5. The number of rotatable bonds is 12. The zero-order chi connectivity index (χ0) is 26.8. The van der Waals surface area contributed by atoms with Crippen molar-refractivity contribution in [1.29, 1.82) is 0 Å². The molecule has 196 valence electrons. The van der Waals surface area contributed by atoms with E-state index in [-0.39, 0.29) is 10.6 Å². The molecule has 11 heteroatoms. The first kappa shape index (κ1) is 28.3. The molecule has 3 aromatic carbocycles. The van der Waals surface area contributed by atoms with Crippen LogP contribution in [0.1, 0.15) is 25.8 Å². The summed E-state index contributed by atoms with van der Waals surface area (Å²) in [4.78, 5) is 12.7. The molecule has 0 radical (unpaired) electrons. The van der Waals surface area contributed by atoms with E-state index >= 15 is 0 Å². The van der Waals surface area contributed by atoms with Gasteiger partial charge in [-0.05, 0) is 79.6 Å². The van der Waals surface area contributed by atoms with Gasteiger partial charge in [0, 0.05) is 10.0 Å². The Hall–Kier alpha value is -3.27. The van der Waals surface area contributed by atoms with Crippen molar-refractivity contribution in [1.82, 2.24) is 5.43 Å². The quantitative estimate of drug-likeness (QED) is 0.231. The highest BCUT2D eigenvalue weighted by Crippen LogP contribution is 2.29. The average molecular weight is 564 g/mol. The van der Waals surface area contributed by atoms with E-state index in [1.54, 1.807) is 36.4 Å². The van der Waals surface area contributed by atoms with E-state index in [1.165, 1.54) is 36.5 Å². The molecule has 0 aliphatic heterocycles. The van der Waals surface area contributed by atoms with Crippen molar-refractivity contribution in [3.05, 3.63) is 82.3 Å². The summed E-state index contributed by atoms with van der Waals surface area (Å²) in [6, 6.07) is 17.2. The molecule has 0 aliphatic carbocycles. The third-order valence-electron chi connectivity index (χ3n) is 4.92. The van der Waals surface area contributed by atoms with Crippen molar-refractivity contribution < 1.29 is 22.7 Å². The number of sulfonamides is 1. The summed E-state index contributed by atoms with van der Waals surface area (Å²) in [6.45, 7) is 4.37. The SMILES string of the molecule is CCCOc1ccc(/C=N\NC(=O)CN(c2cccc(Cl)c2)S(=O)(=O)c2ccc(Cl)cc2)cc1OCC. The zero-order valence-electron chi connectivity index (χ0n) is 20.4. The van der Waals surface area contributed by atoms with Gasteiger partial charge in [-0.3, -0.25) is 9.10 Å². The molecule has 0 atom stereocenters. The number of hydrogen-bond acceptors (Lipinski definition) is 6. The molecule has 0 heterocycles. The summed E-state index contributed by atoms with van der Waals surface area (Å²) < 4.78 is 39.1. The molecule has 1 amide bonds. The van der Waals surface area contributed by atoms with Crippen LogP contribution in [0.25, 0.3) is 0 Å². The van der Waals surface area contributed by atoms with Crippen LogP contribution in [-0.2, 0) is 14.8 Å². The number of amides is 1. The fourth-order valence-electron chi connectivity index (χ4n) is 3.23. The van der Waals surface area contributed by atoms with Gasteiger partial charge in [-0.2, -0.15) is 5.10 Å². The Morgan fingerprint density at radius 2 is 1.73 bits per heavy atom. The van der Waals surface area contributed by atoms with E-state index in [0.29, 0.717) is 40.3 Å². The molecule has 0 spiro atoms. The van der Waals surface area contributed by atoms with Gasteiger partial charge in [0.2, 0.25) is 0 Å². The van der Waals surface area contributed by atoms with Crippen LogP contribution >= 0.6 is 23.2 Å². The molecule has 0 unspecified atom stereocenters. The number of benzene rings is 3. The topological polar surface area (TPSA) is 97.3 Å². The fraction of sp³-hybridized carbons (Fsp3) is 0.231. The molecule has 0 aliphatic rings. The Labute approximate surface area is 226 Å². The molecule has 0 saturated carbocycles. The summed E-state index contributed by atoms with van der Waals surface area (Å²) in [5, 5.41) is 4.69. The highest BCUT2D eigenvalue weighted by Gasteiger charge is 2.27. The molecular formula is C26H27Cl2N3O5S. The minimum atomic E-state index is -4.11. The Balaban J connectivity index is 1.78. The second-order valence-corrected chi connectivity index (χ2v) is 10.5.